The van der Waals surface area contributed by atoms with Crippen LogP contribution in [0.4, 0.5) is 5.69 Å². The minimum absolute atomic E-state index is 0.134. The summed E-state index contributed by atoms with van der Waals surface area (Å²) in [5.74, 6) is -0.318. The van der Waals surface area contributed by atoms with Gasteiger partial charge in [0.05, 0.1) is 0 Å². The number of esters is 1. The highest BCUT2D eigenvalue weighted by atomic mass is 16.6. The summed E-state index contributed by atoms with van der Waals surface area (Å²) in [6.45, 7) is 1.45. The van der Waals surface area contributed by atoms with Gasteiger partial charge >= 0.3 is 5.97 Å². The Morgan fingerprint density at radius 3 is 2.48 bits per heavy atom. The molecule has 0 aromatic heterocycles. The van der Waals surface area contributed by atoms with E-state index in [1.807, 2.05) is 42.5 Å². The van der Waals surface area contributed by atoms with Gasteiger partial charge in [-0.25, -0.2) is 9.79 Å². The molecule has 0 unspecified atom stereocenters. The predicted molar refractivity (Wildman–Crippen MR) is 105 cm³/mol. The molecule has 1 aliphatic heterocycles. The molecule has 4 rings (SSSR count). The molecule has 132 valence electrons. The molecule has 1 aliphatic rings. The van der Waals surface area contributed by atoms with Crippen molar-refractivity contribution in [3.8, 4) is 0 Å². The first kappa shape index (κ1) is 16.7. The van der Waals surface area contributed by atoms with E-state index in [-0.39, 0.29) is 11.6 Å². The molecular weight excluding hydrogens is 340 g/mol. The lowest BCUT2D eigenvalue weighted by Crippen LogP contribution is -2.05. The molecule has 1 amide bonds. The predicted octanol–water partition coefficient (Wildman–Crippen LogP) is 4.14. The highest BCUT2D eigenvalue weighted by molar-refractivity contribution is 6.13. The van der Waals surface area contributed by atoms with Crippen LogP contribution in [0, 0.1) is 0 Å². The van der Waals surface area contributed by atoms with Gasteiger partial charge in [-0.05, 0) is 46.7 Å². The molecule has 0 fully saturated rings. The Bertz CT molecular complexity index is 1110. The first-order chi connectivity index (χ1) is 13.1. The molecule has 1 N–H and O–H groups in total. The Morgan fingerprint density at radius 2 is 1.74 bits per heavy atom. The standard InChI is InChI=1S/C22H16N2O3/c1-14(25)23-19-10-6-15(7-11-19)12-20-22(26)27-21(24-20)18-9-8-16-4-2-3-5-17(16)13-18/h2-13H,1H3,(H,23,25)/b20-12-. The van der Waals surface area contributed by atoms with Gasteiger partial charge in [-0.2, -0.15) is 0 Å². The average molecular weight is 356 g/mol. The number of nitrogens with one attached hydrogen (secondary N) is 1. The largest absolute Gasteiger partial charge is 0.402 e. The van der Waals surface area contributed by atoms with E-state index in [1.165, 1.54) is 6.92 Å². The van der Waals surface area contributed by atoms with Gasteiger partial charge in [-0.15, -0.1) is 0 Å². The summed E-state index contributed by atoms with van der Waals surface area (Å²) in [6.07, 6.45) is 1.66. The number of aliphatic imine (C=N–C) groups is 1. The van der Waals surface area contributed by atoms with E-state index in [4.69, 9.17) is 4.74 Å². The molecule has 3 aromatic carbocycles. The van der Waals surface area contributed by atoms with Crippen LogP contribution in [0.1, 0.15) is 18.1 Å². The Hall–Kier alpha value is -3.73. The summed E-state index contributed by atoms with van der Waals surface area (Å²) in [5.41, 5.74) is 2.48. The number of amides is 1. The van der Waals surface area contributed by atoms with Gasteiger partial charge in [0.2, 0.25) is 11.8 Å². The highest BCUT2D eigenvalue weighted by Crippen LogP contribution is 2.22. The number of carbonyl (C=O) groups is 2. The zero-order valence-corrected chi connectivity index (χ0v) is 14.6. The lowest BCUT2D eigenvalue weighted by atomic mass is 10.1. The van der Waals surface area contributed by atoms with Crippen molar-refractivity contribution in [1.29, 1.82) is 0 Å². The molecule has 1 heterocycles. The van der Waals surface area contributed by atoms with Crippen molar-refractivity contribution in [3.63, 3.8) is 0 Å². The summed E-state index contributed by atoms with van der Waals surface area (Å²) in [7, 11) is 0. The average Bonchev–Trinajstić information content (AvgIpc) is 3.03. The molecule has 0 bridgehead atoms. The molecule has 0 atom stereocenters. The maximum absolute atomic E-state index is 12.2. The van der Waals surface area contributed by atoms with Crippen LogP contribution in [0.2, 0.25) is 0 Å². The molecule has 27 heavy (non-hydrogen) atoms. The van der Waals surface area contributed by atoms with E-state index in [1.54, 1.807) is 30.3 Å². The van der Waals surface area contributed by atoms with Gasteiger partial charge in [0.25, 0.3) is 0 Å². The van der Waals surface area contributed by atoms with E-state index in [2.05, 4.69) is 10.3 Å². The first-order valence-electron chi connectivity index (χ1n) is 8.48. The second kappa shape index (κ2) is 6.88. The summed E-state index contributed by atoms with van der Waals surface area (Å²) in [5, 5.41) is 4.87. The van der Waals surface area contributed by atoms with Crippen molar-refractivity contribution >= 4 is 40.3 Å². The molecular formula is C22H16N2O3. The summed E-state index contributed by atoms with van der Waals surface area (Å²) in [4.78, 5) is 27.6. The van der Waals surface area contributed by atoms with Crippen molar-refractivity contribution in [2.75, 3.05) is 5.32 Å². The van der Waals surface area contributed by atoms with Crippen LogP contribution < -0.4 is 5.32 Å². The summed E-state index contributed by atoms with van der Waals surface area (Å²) in [6, 6.07) is 20.9. The van der Waals surface area contributed by atoms with Crippen LogP contribution in [0.25, 0.3) is 16.8 Å². The van der Waals surface area contributed by atoms with Gasteiger partial charge < -0.3 is 10.1 Å². The smallest absolute Gasteiger partial charge is 0.363 e. The van der Waals surface area contributed by atoms with Crippen LogP contribution in [-0.4, -0.2) is 17.8 Å². The monoisotopic (exact) mass is 356 g/mol. The number of hydrogen-bond acceptors (Lipinski definition) is 4. The maximum atomic E-state index is 12.2. The van der Waals surface area contributed by atoms with Crippen LogP contribution in [-0.2, 0) is 14.3 Å². The van der Waals surface area contributed by atoms with Crippen molar-refractivity contribution in [2.24, 2.45) is 4.99 Å². The van der Waals surface area contributed by atoms with E-state index >= 15 is 0 Å². The van der Waals surface area contributed by atoms with Crippen LogP contribution in [0.5, 0.6) is 0 Å². The lowest BCUT2D eigenvalue weighted by molar-refractivity contribution is -0.129. The van der Waals surface area contributed by atoms with Gasteiger partial charge in [0, 0.05) is 18.2 Å². The molecule has 0 radical (unpaired) electrons. The Balaban J connectivity index is 1.61. The van der Waals surface area contributed by atoms with Gasteiger partial charge in [0.1, 0.15) is 0 Å². The molecule has 0 saturated carbocycles. The molecule has 3 aromatic rings. The highest BCUT2D eigenvalue weighted by Gasteiger charge is 2.24. The van der Waals surface area contributed by atoms with Gasteiger partial charge in [-0.1, -0.05) is 42.5 Å². The number of nitrogens with zero attached hydrogens (tertiary/aromatic N) is 1. The SMILES string of the molecule is CC(=O)Nc1ccc(/C=C2\N=C(c3ccc4ccccc4c3)OC2=O)cc1. The van der Waals surface area contributed by atoms with Crippen molar-refractivity contribution in [1.82, 2.24) is 0 Å². The Morgan fingerprint density at radius 1 is 1.00 bits per heavy atom. The quantitative estimate of drug-likeness (QED) is 0.566. The number of fused-ring (bicyclic) bond motifs is 1. The number of anilines is 1. The molecule has 5 nitrogen and oxygen atoms in total. The number of carbonyl (C=O) groups excluding carboxylic acids is 2. The van der Waals surface area contributed by atoms with E-state index in [0.29, 0.717) is 11.6 Å². The van der Waals surface area contributed by atoms with Crippen LogP contribution >= 0.6 is 0 Å². The van der Waals surface area contributed by atoms with Crippen LogP contribution in [0.3, 0.4) is 0 Å². The fourth-order valence-electron chi connectivity index (χ4n) is 2.88. The fourth-order valence-corrected chi connectivity index (χ4v) is 2.88. The van der Waals surface area contributed by atoms with Crippen molar-refractivity contribution in [2.45, 2.75) is 6.92 Å². The topological polar surface area (TPSA) is 67.8 Å². The Labute approximate surface area is 156 Å². The normalized spacial score (nSPS) is 14.9. The minimum atomic E-state index is -0.482. The molecule has 5 heteroatoms. The number of benzene rings is 3. The number of cyclic esters (lactones) is 1. The zero-order valence-electron chi connectivity index (χ0n) is 14.6. The minimum Gasteiger partial charge on any atom is -0.402 e. The second-order valence-corrected chi connectivity index (χ2v) is 6.20. The van der Waals surface area contributed by atoms with E-state index in [9.17, 15) is 9.59 Å². The molecule has 0 aliphatic carbocycles. The van der Waals surface area contributed by atoms with Gasteiger partial charge in [0.15, 0.2) is 5.70 Å². The summed E-state index contributed by atoms with van der Waals surface area (Å²) >= 11 is 0. The number of ether oxygens (including phenoxy) is 1. The Kier molecular flexibility index (Phi) is 4.26. The third-order valence-corrected chi connectivity index (χ3v) is 4.15. The van der Waals surface area contributed by atoms with Crippen LogP contribution in [0.15, 0.2) is 77.4 Å². The number of hydrogen-bond donors (Lipinski definition) is 1. The van der Waals surface area contributed by atoms with E-state index in [0.717, 1.165) is 21.9 Å². The van der Waals surface area contributed by atoms with Gasteiger partial charge in [-0.3, -0.25) is 4.79 Å². The summed E-state index contributed by atoms with van der Waals surface area (Å²) < 4.78 is 5.34. The van der Waals surface area contributed by atoms with E-state index < -0.39 is 5.97 Å². The maximum Gasteiger partial charge on any atom is 0.363 e. The fraction of sp³-hybridized carbons (Fsp3) is 0.0455. The number of rotatable bonds is 3. The second-order valence-electron chi connectivity index (χ2n) is 6.20. The third-order valence-electron chi connectivity index (χ3n) is 4.15. The zero-order chi connectivity index (χ0) is 18.8. The van der Waals surface area contributed by atoms with Crippen molar-refractivity contribution in [3.05, 3.63) is 83.6 Å². The van der Waals surface area contributed by atoms with Crippen molar-refractivity contribution < 1.29 is 14.3 Å². The molecule has 0 saturated heterocycles. The third kappa shape index (κ3) is 3.62. The lowest BCUT2D eigenvalue weighted by Gasteiger charge is -2.02. The molecule has 0 spiro atoms. The first-order valence-corrected chi connectivity index (χ1v) is 8.48.